The van der Waals surface area contributed by atoms with E-state index >= 15 is 0 Å². The maximum Gasteiger partial charge on any atom is 0.249 e. The molecule has 2 aromatic rings. The van der Waals surface area contributed by atoms with Gasteiger partial charge in [-0.15, -0.1) is 0 Å². The van der Waals surface area contributed by atoms with Crippen LogP contribution in [0.2, 0.25) is 0 Å². The first-order chi connectivity index (χ1) is 9.70. The van der Waals surface area contributed by atoms with E-state index in [0.29, 0.717) is 13.0 Å². The van der Waals surface area contributed by atoms with Gasteiger partial charge in [-0.2, -0.15) is 0 Å². The Morgan fingerprint density at radius 1 is 1.05 bits per heavy atom. The van der Waals surface area contributed by atoms with E-state index in [-0.39, 0.29) is 5.91 Å². The van der Waals surface area contributed by atoms with Crippen LogP contribution in [-0.4, -0.2) is 23.7 Å². The molecule has 0 radical (unpaired) electrons. The number of amides is 1. The molecule has 1 atom stereocenters. The van der Waals surface area contributed by atoms with Crippen LogP contribution in [0.5, 0.6) is 0 Å². The Kier molecular flexibility index (Phi) is 4.91. The van der Waals surface area contributed by atoms with Crippen molar-refractivity contribution >= 4 is 5.91 Å². The van der Waals surface area contributed by atoms with Crippen LogP contribution in [0.15, 0.2) is 54.6 Å². The van der Waals surface area contributed by atoms with Crippen LogP contribution in [0.1, 0.15) is 12.5 Å². The molecule has 2 N–H and O–H groups in total. The SMILES string of the molecule is CCNC(=O)C(O)Cc1ccc(-c2ccccc2)cc1. The fourth-order valence-corrected chi connectivity index (χ4v) is 2.07. The zero-order chi connectivity index (χ0) is 14.4. The standard InChI is InChI=1S/C17H19NO2/c1-2-18-17(20)16(19)12-13-8-10-15(11-9-13)14-6-4-3-5-7-14/h3-11,16,19H,2,12H2,1H3,(H,18,20). The highest BCUT2D eigenvalue weighted by Crippen LogP contribution is 2.19. The Morgan fingerprint density at radius 2 is 1.65 bits per heavy atom. The van der Waals surface area contributed by atoms with Crippen LogP contribution in [0.25, 0.3) is 11.1 Å². The first-order valence-corrected chi connectivity index (χ1v) is 6.81. The summed E-state index contributed by atoms with van der Waals surface area (Å²) in [4.78, 5) is 11.5. The smallest absolute Gasteiger partial charge is 0.249 e. The third kappa shape index (κ3) is 3.68. The first-order valence-electron chi connectivity index (χ1n) is 6.81. The molecule has 0 aliphatic rings. The van der Waals surface area contributed by atoms with Crippen LogP contribution >= 0.6 is 0 Å². The van der Waals surface area contributed by atoms with Crippen molar-refractivity contribution in [3.8, 4) is 11.1 Å². The van der Waals surface area contributed by atoms with Gasteiger partial charge in [-0.1, -0.05) is 54.6 Å². The van der Waals surface area contributed by atoms with Crippen LogP contribution in [0.4, 0.5) is 0 Å². The summed E-state index contributed by atoms with van der Waals surface area (Å²) in [5.41, 5.74) is 3.23. The average molecular weight is 269 g/mol. The van der Waals surface area contributed by atoms with Crippen molar-refractivity contribution in [1.82, 2.24) is 5.32 Å². The van der Waals surface area contributed by atoms with Gasteiger partial charge in [0.25, 0.3) is 0 Å². The lowest BCUT2D eigenvalue weighted by atomic mass is 10.0. The molecule has 0 aromatic heterocycles. The molecule has 3 heteroatoms. The van der Waals surface area contributed by atoms with Crippen molar-refractivity contribution in [1.29, 1.82) is 0 Å². The third-order valence-corrected chi connectivity index (χ3v) is 3.14. The van der Waals surface area contributed by atoms with E-state index in [1.54, 1.807) is 0 Å². The second kappa shape index (κ2) is 6.87. The van der Waals surface area contributed by atoms with E-state index in [1.807, 2.05) is 49.4 Å². The number of likely N-dealkylation sites (N-methyl/N-ethyl adjacent to an activating group) is 1. The minimum absolute atomic E-state index is 0.320. The number of aliphatic hydroxyl groups is 1. The molecule has 3 nitrogen and oxygen atoms in total. The summed E-state index contributed by atoms with van der Waals surface area (Å²) >= 11 is 0. The molecular formula is C17H19NO2. The number of hydrogen-bond donors (Lipinski definition) is 2. The Bertz CT molecular complexity index is 549. The lowest BCUT2D eigenvalue weighted by Crippen LogP contribution is -2.35. The Hall–Kier alpha value is -2.13. The molecule has 1 unspecified atom stereocenters. The number of hydrogen-bond acceptors (Lipinski definition) is 2. The molecule has 0 fully saturated rings. The monoisotopic (exact) mass is 269 g/mol. The first kappa shape index (κ1) is 14.3. The quantitative estimate of drug-likeness (QED) is 0.875. The van der Waals surface area contributed by atoms with Gasteiger partial charge in [0.05, 0.1) is 0 Å². The molecule has 0 spiro atoms. The number of carbonyl (C=O) groups is 1. The fraction of sp³-hybridized carbons (Fsp3) is 0.235. The van der Waals surface area contributed by atoms with E-state index < -0.39 is 6.10 Å². The van der Waals surface area contributed by atoms with Gasteiger partial charge in [-0.3, -0.25) is 4.79 Å². The minimum atomic E-state index is -0.988. The summed E-state index contributed by atoms with van der Waals surface area (Å²) in [5.74, 6) is -0.320. The molecule has 2 rings (SSSR count). The van der Waals surface area contributed by atoms with E-state index in [0.717, 1.165) is 16.7 Å². The second-order valence-corrected chi connectivity index (χ2v) is 4.68. The average Bonchev–Trinajstić information content (AvgIpc) is 2.49. The molecular weight excluding hydrogens is 250 g/mol. The van der Waals surface area contributed by atoms with Gasteiger partial charge in [0.2, 0.25) is 5.91 Å². The highest BCUT2D eigenvalue weighted by Gasteiger charge is 2.14. The molecule has 0 saturated carbocycles. The zero-order valence-electron chi connectivity index (χ0n) is 11.5. The van der Waals surface area contributed by atoms with Crippen LogP contribution < -0.4 is 5.32 Å². The number of aliphatic hydroxyl groups excluding tert-OH is 1. The van der Waals surface area contributed by atoms with Gasteiger partial charge in [0, 0.05) is 13.0 Å². The summed E-state index contributed by atoms with van der Waals surface area (Å²) in [5, 5.41) is 12.4. The van der Waals surface area contributed by atoms with Gasteiger partial charge in [-0.25, -0.2) is 0 Å². The maximum absolute atomic E-state index is 11.5. The van der Waals surface area contributed by atoms with E-state index in [1.165, 1.54) is 0 Å². The van der Waals surface area contributed by atoms with Crippen molar-refractivity contribution in [3.63, 3.8) is 0 Å². The number of rotatable bonds is 5. The third-order valence-electron chi connectivity index (χ3n) is 3.14. The van der Waals surface area contributed by atoms with Crippen molar-refractivity contribution < 1.29 is 9.90 Å². The zero-order valence-corrected chi connectivity index (χ0v) is 11.5. The highest BCUT2D eigenvalue weighted by molar-refractivity contribution is 5.80. The molecule has 0 bridgehead atoms. The maximum atomic E-state index is 11.5. The molecule has 1 amide bonds. The van der Waals surface area contributed by atoms with E-state index in [2.05, 4.69) is 17.4 Å². The normalized spacial score (nSPS) is 11.9. The van der Waals surface area contributed by atoms with Crippen molar-refractivity contribution in [3.05, 3.63) is 60.2 Å². The van der Waals surface area contributed by atoms with Gasteiger partial charge in [0.1, 0.15) is 6.10 Å². The largest absolute Gasteiger partial charge is 0.383 e. The molecule has 0 aliphatic heterocycles. The Balaban J connectivity index is 2.04. The molecule has 2 aromatic carbocycles. The molecule has 0 saturated heterocycles. The van der Waals surface area contributed by atoms with Crippen molar-refractivity contribution in [2.24, 2.45) is 0 Å². The molecule has 104 valence electrons. The van der Waals surface area contributed by atoms with Gasteiger partial charge in [0.15, 0.2) is 0 Å². The van der Waals surface area contributed by atoms with Gasteiger partial charge in [-0.05, 0) is 23.6 Å². The fourth-order valence-electron chi connectivity index (χ4n) is 2.07. The predicted molar refractivity (Wildman–Crippen MR) is 80.3 cm³/mol. The van der Waals surface area contributed by atoms with Crippen LogP contribution in [0.3, 0.4) is 0 Å². The van der Waals surface area contributed by atoms with E-state index in [4.69, 9.17) is 0 Å². The topological polar surface area (TPSA) is 49.3 Å². The Morgan fingerprint density at radius 3 is 2.25 bits per heavy atom. The van der Waals surface area contributed by atoms with Gasteiger partial charge >= 0.3 is 0 Å². The molecule has 20 heavy (non-hydrogen) atoms. The highest BCUT2D eigenvalue weighted by atomic mass is 16.3. The summed E-state index contributed by atoms with van der Waals surface area (Å²) in [6, 6.07) is 18.0. The lowest BCUT2D eigenvalue weighted by molar-refractivity contribution is -0.129. The lowest BCUT2D eigenvalue weighted by Gasteiger charge is -2.10. The number of benzene rings is 2. The minimum Gasteiger partial charge on any atom is -0.383 e. The summed E-state index contributed by atoms with van der Waals surface area (Å²) in [7, 11) is 0. The Labute approximate surface area is 119 Å². The van der Waals surface area contributed by atoms with Crippen molar-refractivity contribution in [2.45, 2.75) is 19.4 Å². The van der Waals surface area contributed by atoms with Crippen LogP contribution in [-0.2, 0) is 11.2 Å². The van der Waals surface area contributed by atoms with E-state index in [9.17, 15) is 9.90 Å². The summed E-state index contributed by atoms with van der Waals surface area (Å²) in [6.07, 6.45) is -0.654. The summed E-state index contributed by atoms with van der Waals surface area (Å²) < 4.78 is 0. The predicted octanol–water partition coefficient (Wildman–Crippen LogP) is 2.39. The summed E-state index contributed by atoms with van der Waals surface area (Å²) in [6.45, 7) is 2.36. The van der Waals surface area contributed by atoms with Crippen molar-refractivity contribution in [2.75, 3.05) is 6.54 Å². The molecule has 0 heterocycles. The van der Waals surface area contributed by atoms with Gasteiger partial charge < -0.3 is 10.4 Å². The number of nitrogens with one attached hydrogen (secondary N) is 1. The number of carbonyl (C=O) groups excluding carboxylic acids is 1. The second-order valence-electron chi connectivity index (χ2n) is 4.68. The molecule has 0 aliphatic carbocycles. The van der Waals surface area contributed by atoms with Crippen LogP contribution in [0, 0.1) is 0 Å².